The van der Waals surface area contributed by atoms with E-state index in [2.05, 4.69) is 14.9 Å². The molecule has 0 amide bonds. The molecular formula is C19H20N4O3S. The smallest absolute Gasteiger partial charge is 0.266 e. The van der Waals surface area contributed by atoms with Crippen LogP contribution in [0.5, 0.6) is 5.75 Å². The third-order valence-corrected chi connectivity index (χ3v) is 6.48. The van der Waals surface area contributed by atoms with E-state index < -0.39 is 10.0 Å². The molecule has 1 aliphatic heterocycles. The van der Waals surface area contributed by atoms with Gasteiger partial charge in [0.25, 0.3) is 10.0 Å². The summed E-state index contributed by atoms with van der Waals surface area (Å²) in [6, 6.07) is 14.2. The molecule has 8 heteroatoms. The maximum absolute atomic E-state index is 13.4. The fraction of sp³-hybridized carbons (Fsp3) is 0.211. The summed E-state index contributed by atoms with van der Waals surface area (Å²) in [5, 5.41) is 0. The molecule has 0 aliphatic carbocycles. The van der Waals surface area contributed by atoms with E-state index in [1.807, 2.05) is 12.1 Å². The number of anilines is 2. The molecule has 1 aliphatic rings. The molecular weight excluding hydrogens is 364 g/mol. The molecule has 7 nitrogen and oxygen atoms in total. The molecule has 0 radical (unpaired) electrons. The first kappa shape index (κ1) is 17.4. The Morgan fingerprint density at radius 1 is 1.15 bits per heavy atom. The number of para-hydroxylation sites is 1. The average Bonchev–Trinajstić information content (AvgIpc) is 3.17. The van der Waals surface area contributed by atoms with Crippen molar-refractivity contribution in [2.24, 2.45) is 0 Å². The van der Waals surface area contributed by atoms with Crippen molar-refractivity contribution in [3.8, 4) is 5.75 Å². The van der Waals surface area contributed by atoms with E-state index in [0.29, 0.717) is 41.7 Å². The molecule has 0 spiro atoms. The lowest BCUT2D eigenvalue weighted by Crippen LogP contribution is -2.34. The summed E-state index contributed by atoms with van der Waals surface area (Å²) < 4.78 is 33.5. The van der Waals surface area contributed by atoms with Crippen LogP contribution in [0.2, 0.25) is 0 Å². The molecule has 4 rings (SSSR count). The number of H-pyrrole nitrogens is 1. The topological polar surface area (TPSA) is 78.5 Å². The zero-order chi connectivity index (χ0) is 18.9. The van der Waals surface area contributed by atoms with Crippen molar-refractivity contribution >= 4 is 21.4 Å². The molecule has 0 saturated heterocycles. The number of fused-ring (bicyclic) bond motifs is 1. The predicted molar refractivity (Wildman–Crippen MR) is 104 cm³/mol. The van der Waals surface area contributed by atoms with Crippen LogP contribution >= 0.6 is 0 Å². The maximum atomic E-state index is 13.4. The van der Waals surface area contributed by atoms with E-state index in [9.17, 15) is 8.42 Å². The number of hydrogen-bond donors (Lipinski definition) is 1. The molecule has 1 aromatic heterocycles. The van der Waals surface area contributed by atoms with Gasteiger partial charge < -0.3 is 14.6 Å². The van der Waals surface area contributed by atoms with Gasteiger partial charge in [-0.05, 0) is 24.3 Å². The van der Waals surface area contributed by atoms with E-state index in [1.54, 1.807) is 56.0 Å². The number of aromatic amines is 1. The zero-order valence-electron chi connectivity index (χ0n) is 14.9. The maximum Gasteiger partial charge on any atom is 0.266 e. The summed E-state index contributed by atoms with van der Waals surface area (Å²) in [6.07, 6.45) is 3.38. The van der Waals surface area contributed by atoms with Gasteiger partial charge >= 0.3 is 0 Å². The normalized spacial score (nSPS) is 15.9. The molecule has 0 atom stereocenters. The lowest BCUT2D eigenvalue weighted by molar-refractivity contribution is 0.415. The minimum atomic E-state index is -3.70. The Morgan fingerprint density at radius 2 is 2.00 bits per heavy atom. The number of ether oxygens (including phenoxy) is 1. The van der Waals surface area contributed by atoms with Crippen molar-refractivity contribution in [1.29, 1.82) is 0 Å². The zero-order valence-corrected chi connectivity index (χ0v) is 15.7. The van der Waals surface area contributed by atoms with E-state index in [0.717, 1.165) is 5.69 Å². The van der Waals surface area contributed by atoms with Crippen LogP contribution in [-0.2, 0) is 16.6 Å². The van der Waals surface area contributed by atoms with Crippen molar-refractivity contribution in [1.82, 2.24) is 9.97 Å². The van der Waals surface area contributed by atoms with Crippen LogP contribution in [0.25, 0.3) is 0 Å². The minimum Gasteiger partial charge on any atom is -0.497 e. The second kappa shape index (κ2) is 6.96. The second-order valence-electron chi connectivity index (χ2n) is 6.24. The number of hydrogen-bond acceptors (Lipinski definition) is 5. The summed E-state index contributed by atoms with van der Waals surface area (Å²) in [5.74, 6) is 0.620. The quantitative estimate of drug-likeness (QED) is 0.748. The SMILES string of the molecule is COc1cccc(N2CCN(Cc3cnc[nH]3)c3ccccc3S2(=O)=O)c1. The van der Waals surface area contributed by atoms with Crippen LogP contribution in [0.4, 0.5) is 11.4 Å². The Hall–Kier alpha value is -3.00. The third kappa shape index (κ3) is 3.23. The third-order valence-electron chi connectivity index (χ3n) is 4.60. The largest absolute Gasteiger partial charge is 0.497 e. The van der Waals surface area contributed by atoms with Crippen molar-refractivity contribution in [2.45, 2.75) is 11.4 Å². The van der Waals surface area contributed by atoms with E-state index >= 15 is 0 Å². The summed E-state index contributed by atoms with van der Waals surface area (Å²) >= 11 is 0. The van der Waals surface area contributed by atoms with Gasteiger partial charge in [0.2, 0.25) is 0 Å². The van der Waals surface area contributed by atoms with Crippen LogP contribution in [-0.4, -0.2) is 38.6 Å². The molecule has 27 heavy (non-hydrogen) atoms. The summed E-state index contributed by atoms with van der Waals surface area (Å²) in [6.45, 7) is 1.43. The lowest BCUT2D eigenvalue weighted by Gasteiger charge is -2.24. The first-order valence-electron chi connectivity index (χ1n) is 8.57. The highest BCUT2D eigenvalue weighted by atomic mass is 32.2. The van der Waals surface area contributed by atoms with Gasteiger partial charge in [0.05, 0.1) is 43.6 Å². The number of sulfonamides is 1. The Morgan fingerprint density at radius 3 is 2.78 bits per heavy atom. The second-order valence-corrected chi connectivity index (χ2v) is 8.08. The monoisotopic (exact) mass is 384 g/mol. The summed E-state index contributed by atoms with van der Waals surface area (Å²) in [4.78, 5) is 9.49. The van der Waals surface area contributed by atoms with E-state index in [4.69, 9.17) is 4.74 Å². The highest BCUT2D eigenvalue weighted by Crippen LogP contribution is 2.35. The number of methoxy groups -OCH3 is 1. The van der Waals surface area contributed by atoms with Crippen molar-refractivity contribution in [3.63, 3.8) is 0 Å². The van der Waals surface area contributed by atoms with E-state index in [-0.39, 0.29) is 0 Å². The van der Waals surface area contributed by atoms with Gasteiger partial charge in [-0.3, -0.25) is 4.31 Å². The standard InChI is InChI=1S/C19H20N4O3S/c1-26-17-6-4-5-16(11-17)23-10-9-22(13-15-12-20-14-21-15)18-7-2-3-8-19(18)27(23,24)25/h2-8,11-12,14H,9-10,13H2,1H3,(H,20,21). The van der Waals surface area contributed by atoms with Crippen molar-refractivity contribution in [3.05, 3.63) is 66.7 Å². The first-order chi connectivity index (χ1) is 13.1. The van der Waals surface area contributed by atoms with Crippen LogP contribution in [0.3, 0.4) is 0 Å². The van der Waals surface area contributed by atoms with Crippen LogP contribution in [0.15, 0.2) is 66.0 Å². The Bertz CT molecular complexity index is 1030. The fourth-order valence-electron chi connectivity index (χ4n) is 3.28. The number of rotatable bonds is 4. The Balaban J connectivity index is 1.78. The number of nitrogens with zero attached hydrogens (tertiary/aromatic N) is 3. The molecule has 0 bridgehead atoms. The van der Waals surface area contributed by atoms with Crippen LogP contribution in [0, 0.1) is 0 Å². The van der Waals surface area contributed by atoms with Gasteiger partial charge in [-0.1, -0.05) is 18.2 Å². The van der Waals surface area contributed by atoms with Gasteiger partial charge in [0.15, 0.2) is 0 Å². The Labute approximate surface area is 158 Å². The van der Waals surface area contributed by atoms with Crippen LogP contribution < -0.4 is 13.9 Å². The summed E-state index contributed by atoms with van der Waals surface area (Å²) in [5.41, 5.74) is 2.21. The van der Waals surface area contributed by atoms with Gasteiger partial charge in [-0.2, -0.15) is 0 Å². The molecule has 3 aromatic rings. The van der Waals surface area contributed by atoms with Gasteiger partial charge in [-0.25, -0.2) is 13.4 Å². The molecule has 2 aromatic carbocycles. The molecule has 1 N–H and O–H groups in total. The Kier molecular flexibility index (Phi) is 4.49. The van der Waals surface area contributed by atoms with Crippen molar-refractivity contribution in [2.75, 3.05) is 29.4 Å². The van der Waals surface area contributed by atoms with Crippen molar-refractivity contribution < 1.29 is 13.2 Å². The molecule has 0 unspecified atom stereocenters. The molecule has 140 valence electrons. The van der Waals surface area contributed by atoms with Gasteiger partial charge in [-0.15, -0.1) is 0 Å². The number of aromatic nitrogens is 2. The van der Waals surface area contributed by atoms with Gasteiger partial charge in [0, 0.05) is 18.8 Å². The number of nitrogens with one attached hydrogen (secondary N) is 1. The molecule has 2 heterocycles. The van der Waals surface area contributed by atoms with Crippen LogP contribution in [0.1, 0.15) is 5.69 Å². The van der Waals surface area contributed by atoms with E-state index in [1.165, 1.54) is 4.31 Å². The first-order valence-corrected chi connectivity index (χ1v) is 10.0. The highest BCUT2D eigenvalue weighted by Gasteiger charge is 2.32. The highest BCUT2D eigenvalue weighted by molar-refractivity contribution is 7.93. The predicted octanol–water partition coefficient (Wildman–Crippen LogP) is 2.63. The summed E-state index contributed by atoms with van der Waals surface area (Å²) in [7, 11) is -2.13. The number of imidazole rings is 1. The lowest BCUT2D eigenvalue weighted by atomic mass is 10.2. The molecule has 0 saturated carbocycles. The fourth-order valence-corrected chi connectivity index (χ4v) is 4.94. The molecule has 0 fully saturated rings. The van der Waals surface area contributed by atoms with Gasteiger partial charge in [0.1, 0.15) is 10.6 Å². The minimum absolute atomic E-state index is 0.296. The average molecular weight is 384 g/mol. The number of benzene rings is 2.